The molecule has 0 atom stereocenters. The Bertz CT molecular complexity index is 589. The predicted molar refractivity (Wildman–Crippen MR) is 80.2 cm³/mol. The van der Waals surface area contributed by atoms with Crippen LogP contribution < -0.4 is 4.74 Å². The molecule has 0 radical (unpaired) electrons. The Morgan fingerprint density at radius 3 is 2.35 bits per heavy atom. The molecule has 1 heterocycles. The Kier molecular flexibility index (Phi) is 4.40. The zero-order valence-electron chi connectivity index (χ0n) is 12.5. The lowest BCUT2D eigenvalue weighted by molar-refractivity contribution is 0.274. The van der Waals surface area contributed by atoms with Gasteiger partial charge in [0.15, 0.2) is 0 Å². The number of pyridine rings is 1. The SMILES string of the molecule is Cc1cc(C)c(CO)c(Oc2ccc(C(C)C)cc2)n1. The molecule has 0 saturated carbocycles. The third kappa shape index (κ3) is 3.17. The van der Waals surface area contributed by atoms with Crippen molar-refractivity contribution < 1.29 is 9.84 Å². The van der Waals surface area contributed by atoms with Gasteiger partial charge in [0.25, 0.3) is 0 Å². The molecule has 0 fully saturated rings. The van der Waals surface area contributed by atoms with Gasteiger partial charge in [-0.25, -0.2) is 4.98 Å². The molecule has 0 aliphatic rings. The normalized spacial score (nSPS) is 10.9. The van der Waals surface area contributed by atoms with Crippen LogP contribution in [0.2, 0.25) is 0 Å². The first-order chi connectivity index (χ1) is 9.51. The number of hydrogen-bond acceptors (Lipinski definition) is 3. The first kappa shape index (κ1) is 14.5. The van der Waals surface area contributed by atoms with Crippen LogP contribution in [0, 0.1) is 13.8 Å². The maximum atomic E-state index is 9.47. The highest BCUT2D eigenvalue weighted by atomic mass is 16.5. The maximum absolute atomic E-state index is 9.47. The fraction of sp³-hybridized carbons (Fsp3) is 0.353. The Hall–Kier alpha value is -1.87. The van der Waals surface area contributed by atoms with Gasteiger partial charge in [-0.2, -0.15) is 0 Å². The van der Waals surface area contributed by atoms with Crippen molar-refractivity contribution >= 4 is 0 Å². The van der Waals surface area contributed by atoms with Crippen LogP contribution in [0.5, 0.6) is 11.6 Å². The van der Waals surface area contributed by atoms with E-state index in [1.54, 1.807) is 0 Å². The van der Waals surface area contributed by atoms with Gasteiger partial charge in [0.1, 0.15) is 5.75 Å². The molecule has 1 aromatic heterocycles. The monoisotopic (exact) mass is 271 g/mol. The van der Waals surface area contributed by atoms with Gasteiger partial charge in [0, 0.05) is 11.3 Å². The highest BCUT2D eigenvalue weighted by Crippen LogP contribution is 2.27. The minimum absolute atomic E-state index is 0.0709. The molecule has 3 nitrogen and oxygen atoms in total. The third-order valence-corrected chi connectivity index (χ3v) is 3.36. The average Bonchev–Trinajstić information content (AvgIpc) is 2.39. The van der Waals surface area contributed by atoms with Crippen LogP contribution >= 0.6 is 0 Å². The van der Waals surface area contributed by atoms with Crippen LogP contribution in [0.4, 0.5) is 0 Å². The Morgan fingerprint density at radius 2 is 1.80 bits per heavy atom. The largest absolute Gasteiger partial charge is 0.439 e. The molecule has 1 aromatic carbocycles. The van der Waals surface area contributed by atoms with Crippen LogP contribution in [0.25, 0.3) is 0 Å². The first-order valence-corrected chi connectivity index (χ1v) is 6.87. The zero-order chi connectivity index (χ0) is 14.7. The Labute approximate surface area is 120 Å². The number of aliphatic hydroxyl groups is 1. The standard InChI is InChI=1S/C17H21NO2/c1-11(2)14-5-7-15(8-6-14)20-17-16(10-19)12(3)9-13(4)18-17/h5-9,11,19H,10H2,1-4H3. The van der Waals surface area contributed by atoms with E-state index in [4.69, 9.17) is 4.74 Å². The summed E-state index contributed by atoms with van der Waals surface area (Å²) < 4.78 is 5.83. The summed E-state index contributed by atoms with van der Waals surface area (Å²) in [6, 6.07) is 9.94. The summed E-state index contributed by atoms with van der Waals surface area (Å²) in [4.78, 5) is 4.38. The average molecular weight is 271 g/mol. The zero-order valence-corrected chi connectivity index (χ0v) is 12.5. The van der Waals surface area contributed by atoms with E-state index in [9.17, 15) is 5.11 Å². The number of ether oxygens (including phenoxy) is 1. The van der Waals surface area contributed by atoms with E-state index in [2.05, 4.69) is 31.0 Å². The van der Waals surface area contributed by atoms with E-state index in [-0.39, 0.29) is 6.61 Å². The van der Waals surface area contributed by atoms with Crippen molar-refractivity contribution in [3.63, 3.8) is 0 Å². The van der Waals surface area contributed by atoms with Crippen LogP contribution in [-0.4, -0.2) is 10.1 Å². The highest BCUT2D eigenvalue weighted by molar-refractivity contribution is 5.39. The van der Waals surface area contributed by atoms with Gasteiger partial charge < -0.3 is 9.84 Å². The van der Waals surface area contributed by atoms with Crippen molar-refractivity contribution in [2.75, 3.05) is 0 Å². The highest BCUT2D eigenvalue weighted by Gasteiger charge is 2.10. The van der Waals surface area contributed by atoms with E-state index in [0.717, 1.165) is 22.6 Å². The van der Waals surface area contributed by atoms with E-state index >= 15 is 0 Å². The second-order valence-electron chi connectivity index (χ2n) is 5.35. The number of rotatable bonds is 4. The molecule has 0 unspecified atom stereocenters. The van der Waals surface area contributed by atoms with E-state index < -0.39 is 0 Å². The molecule has 2 aromatic rings. The lowest BCUT2D eigenvalue weighted by Crippen LogP contribution is -2.00. The molecular weight excluding hydrogens is 250 g/mol. The number of hydrogen-bond donors (Lipinski definition) is 1. The quantitative estimate of drug-likeness (QED) is 0.910. The molecule has 0 spiro atoms. The van der Waals surface area contributed by atoms with E-state index in [1.165, 1.54) is 5.56 Å². The molecule has 1 N–H and O–H groups in total. The smallest absolute Gasteiger partial charge is 0.225 e. The van der Waals surface area contributed by atoms with Crippen molar-refractivity contribution in [3.8, 4) is 11.6 Å². The Morgan fingerprint density at radius 1 is 1.15 bits per heavy atom. The van der Waals surface area contributed by atoms with Crippen molar-refractivity contribution in [1.29, 1.82) is 0 Å². The molecule has 3 heteroatoms. The summed E-state index contributed by atoms with van der Waals surface area (Å²) in [5, 5.41) is 9.47. The lowest BCUT2D eigenvalue weighted by Gasteiger charge is -2.13. The molecule has 0 aliphatic carbocycles. The predicted octanol–water partition coefficient (Wildman–Crippen LogP) is 4.11. The summed E-state index contributed by atoms with van der Waals surface area (Å²) in [6.07, 6.45) is 0. The fourth-order valence-corrected chi connectivity index (χ4v) is 2.14. The number of aryl methyl sites for hydroxylation is 2. The number of aliphatic hydroxyl groups excluding tert-OH is 1. The van der Waals surface area contributed by atoms with Gasteiger partial charge in [-0.1, -0.05) is 26.0 Å². The third-order valence-electron chi connectivity index (χ3n) is 3.36. The summed E-state index contributed by atoms with van der Waals surface area (Å²) in [6.45, 7) is 8.12. The summed E-state index contributed by atoms with van der Waals surface area (Å²) in [5.41, 5.74) is 3.89. The molecule has 0 aliphatic heterocycles. The minimum atomic E-state index is -0.0709. The number of nitrogens with zero attached hydrogens (tertiary/aromatic N) is 1. The van der Waals surface area contributed by atoms with Crippen LogP contribution in [0.1, 0.15) is 42.1 Å². The van der Waals surface area contributed by atoms with Crippen LogP contribution in [-0.2, 0) is 6.61 Å². The van der Waals surface area contributed by atoms with Gasteiger partial charge in [0.05, 0.1) is 6.61 Å². The number of benzene rings is 1. The molecule has 0 bridgehead atoms. The van der Waals surface area contributed by atoms with Crippen molar-refractivity contribution in [1.82, 2.24) is 4.98 Å². The van der Waals surface area contributed by atoms with Crippen LogP contribution in [0.3, 0.4) is 0 Å². The summed E-state index contributed by atoms with van der Waals surface area (Å²) in [7, 11) is 0. The van der Waals surface area contributed by atoms with E-state index in [0.29, 0.717) is 11.8 Å². The number of aromatic nitrogens is 1. The van der Waals surface area contributed by atoms with Gasteiger partial charge in [-0.15, -0.1) is 0 Å². The summed E-state index contributed by atoms with van der Waals surface area (Å²) in [5.74, 6) is 1.72. The Balaban J connectivity index is 2.29. The van der Waals surface area contributed by atoms with Crippen molar-refractivity contribution in [3.05, 3.63) is 52.7 Å². The van der Waals surface area contributed by atoms with Gasteiger partial charge in [-0.05, 0) is 49.1 Å². The molecule has 106 valence electrons. The second kappa shape index (κ2) is 6.06. The lowest BCUT2D eigenvalue weighted by atomic mass is 10.0. The second-order valence-corrected chi connectivity index (χ2v) is 5.35. The van der Waals surface area contributed by atoms with Gasteiger partial charge in [-0.3, -0.25) is 0 Å². The summed E-state index contributed by atoms with van der Waals surface area (Å²) >= 11 is 0. The molecule has 0 saturated heterocycles. The first-order valence-electron chi connectivity index (χ1n) is 6.87. The van der Waals surface area contributed by atoms with Crippen molar-refractivity contribution in [2.45, 2.75) is 40.2 Å². The van der Waals surface area contributed by atoms with Gasteiger partial charge >= 0.3 is 0 Å². The minimum Gasteiger partial charge on any atom is -0.439 e. The topological polar surface area (TPSA) is 42.4 Å². The molecule has 20 heavy (non-hydrogen) atoms. The van der Waals surface area contributed by atoms with Crippen molar-refractivity contribution in [2.24, 2.45) is 0 Å². The van der Waals surface area contributed by atoms with Gasteiger partial charge in [0.2, 0.25) is 5.88 Å². The molecule has 2 rings (SSSR count). The fourth-order valence-electron chi connectivity index (χ4n) is 2.14. The van der Waals surface area contributed by atoms with E-state index in [1.807, 2.05) is 32.0 Å². The maximum Gasteiger partial charge on any atom is 0.225 e. The molecular formula is C17H21NO2. The molecule has 0 amide bonds. The van der Waals surface area contributed by atoms with Crippen LogP contribution in [0.15, 0.2) is 30.3 Å².